The van der Waals surface area contributed by atoms with E-state index in [0.717, 1.165) is 25.0 Å². The van der Waals surface area contributed by atoms with Crippen LogP contribution in [0.4, 0.5) is 10.5 Å². The van der Waals surface area contributed by atoms with Gasteiger partial charge in [-0.25, -0.2) is 4.79 Å². The van der Waals surface area contributed by atoms with Gasteiger partial charge in [0.1, 0.15) is 5.75 Å². The molecule has 1 unspecified atom stereocenters. The molecule has 1 aliphatic rings. The molecule has 1 atom stereocenters. The molecule has 25 heavy (non-hydrogen) atoms. The van der Waals surface area contributed by atoms with Gasteiger partial charge in [-0.15, -0.1) is 0 Å². The summed E-state index contributed by atoms with van der Waals surface area (Å²) in [4.78, 5) is 27.2. The molecule has 0 radical (unpaired) electrons. The minimum atomic E-state index is -0.233. The fourth-order valence-corrected chi connectivity index (χ4v) is 2.51. The third-order valence-electron chi connectivity index (χ3n) is 4.08. The van der Waals surface area contributed by atoms with Gasteiger partial charge < -0.3 is 24.6 Å². The molecule has 2 rings (SSSR count). The van der Waals surface area contributed by atoms with E-state index in [1.807, 2.05) is 13.0 Å². The van der Waals surface area contributed by atoms with E-state index >= 15 is 0 Å². The summed E-state index contributed by atoms with van der Waals surface area (Å²) in [6.07, 6.45) is 2.11. The van der Waals surface area contributed by atoms with E-state index < -0.39 is 0 Å². The number of carbonyl (C=O) groups is 2. The molecule has 1 saturated heterocycles. The van der Waals surface area contributed by atoms with Gasteiger partial charge in [0, 0.05) is 34.3 Å². The first-order valence-corrected chi connectivity index (χ1v) is 8.44. The number of ether oxygens (including phenoxy) is 2. The molecule has 1 fully saturated rings. The second kappa shape index (κ2) is 8.71. The number of benzene rings is 1. The summed E-state index contributed by atoms with van der Waals surface area (Å²) in [5, 5.41) is 2.85. The van der Waals surface area contributed by atoms with Crippen LogP contribution in [-0.4, -0.2) is 68.7 Å². The lowest BCUT2D eigenvalue weighted by Crippen LogP contribution is -2.37. The second-order valence-corrected chi connectivity index (χ2v) is 6.52. The maximum Gasteiger partial charge on any atom is 0.321 e. The van der Waals surface area contributed by atoms with Crippen molar-refractivity contribution in [2.24, 2.45) is 0 Å². The Kier molecular flexibility index (Phi) is 6.64. The molecule has 3 amide bonds. The molecule has 1 aliphatic heterocycles. The molecular weight excluding hydrogens is 322 g/mol. The van der Waals surface area contributed by atoms with Crippen LogP contribution < -0.4 is 10.1 Å². The Hall–Kier alpha value is -2.28. The molecule has 7 heteroatoms. The van der Waals surface area contributed by atoms with Crippen molar-refractivity contribution in [1.29, 1.82) is 0 Å². The van der Waals surface area contributed by atoms with Crippen LogP contribution in [0, 0.1) is 6.92 Å². The number of aryl methyl sites for hydroxylation is 1. The van der Waals surface area contributed by atoms with Crippen LogP contribution >= 0.6 is 0 Å². The minimum Gasteiger partial charge on any atom is -0.482 e. The highest BCUT2D eigenvalue weighted by atomic mass is 16.5. The first kappa shape index (κ1) is 19.1. The van der Waals surface area contributed by atoms with Crippen molar-refractivity contribution in [3.05, 3.63) is 23.8 Å². The SMILES string of the molecule is Cc1ccc(NC(=O)N(C)CC2CCCO2)c(OCC(=O)N(C)C)c1. The molecule has 1 aromatic rings. The molecule has 0 aliphatic carbocycles. The third-order valence-corrected chi connectivity index (χ3v) is 4.08. The monoisotopic (exact) mass is 349 g/mol. The highest BCUT2D eigenvalue weighted by Gasteiger charge is 2.21. The van der Waals surface area contributed by atoms with E-state index in [-0.39, 0.29) is 24.6 Å². The smallest absolute Gasteiger partial charge is 0.321 e. The number of nitrogens with zero attached hydrogens (tertiary/aromatic N) is 2. The Morgan fingerprint density at radius 3 is 2.72 bits per heavy atom. The van der Waals surface area contributed by atoms with Gasteiger partial charge in [-0.2, -0.15) is 0 Å². The van der Waals surface area contributed by atoms with Gasteiger partial charge in [-0.05, 0) is 37.5 Å². The average molecular weight is 349 g/mol. The normalized spacial score (nSPS) is 16.4. The van der Waals surface area contributed by atoms with E-state index in [0.29, 0.717) is 18.0 Å². The average Bonchev–Trinajstić information content (AvgIpc) is 3.07. The quantitative estimate of drug-likeness (QED) is 0.854. The number of carbonyl (C=O) groups excluding carboxylic acids is 2. The fourth-order valence-electron chi connectivity index (χ4n) is 2.51. The van der Waals surface area contributed by atoms with Crippen LogP contribution in [0.5, 0.6) is 5.75 Å². The Morgan fingerprint density at radius 1 is 1.32 bits per heavy atom. The molecule has 0 saturated carbocycles. The summed E-state index contributed by atoms with van der Waals surface area (Å²) in [5.41, 5.74) is 1.53. The highest BCUT2D eigenvalue weighted by Crippen LogP contribution is 2.26. The van der Waals surface area contributed by atoms with E-state index in [9.17, 15) is 9.59 Å². The number of urea groups is 1. The number of likely N-dealkylation sites (N-methyl/N-ethyl adjacent to an activating group) is 2. The standard InChI is InChI=1S/C18H27N3O4/c1-13-7-8-15(16(10-13)25-12-17(22)20(2)3)19-18(23)21(4)11-14-6-5-9-24-14/h7-8,10,14H,5-6,9,11-12H2,1-4H3,(H,19,23). The van der Waals surface area contributed by atoms with Crippen LogP contribution in [0.3, 0.4) is 0 Å². The zero-order valence-electron chi connectivity index (χ0n) is 15.4. The zero-order valence-corrected chi connectivity index (χ0v) is 15.4. The van der Waals surface area contributed by atoms with Crippen LogP contribution in [0.2, 0.25) is 0 Å². The Balaban J connectivity index is 1.99. The topological polar surface area (TPSA) is 71.1 Å². The van der Waals surface area contributed by atoms with Gasteiger partial charge in [0.2, 0.25) is 0 Å². The summed E-state index contributed by atoms with van der Waals surface area (Å²) in [5.74, 6) is 0.336. The Morgan fingerprint density at radius 2 is 2.08 bits per heavy atom. The number of anilines is 1. The van der Waals surface area contributed by atoms with Crippen molar-refractivity contribution >= 4 is 17.6 Å². The minimum absolute atomic E-state index is 0.0783. The molecule has 1 aromatic carbocycles. The van der Waals surface area contributed by atoms with Crippen LogP contribution in [0.25, 0.3) is 0 Å². The first-order chi connectivity index (χ1) is 11.9. The maximum atomic E-state index is 12.4. The number of nitrogens with one attached hydrogen (secondary N) is 1. The summed E-state index contributed by atoms with van der Waals surface area (Å²) in [6.45, 7) is 3.16. The lowest BCUT2D eigenvalue weighted by molar-refractivity contribution is -0.130. The van der Waals surface area contributed by atoms with Crippen LogP contribution in [0.15, 0.2) is 18.2 Å². The fraction of sp³-hybridized carbons (Fsp3) is 0.556. The number of rotatable bonds is 6. The second-order valence-electron chi connectivity index (χ2n) is 6.52. The largest absolute Gasteiger partial charge is 0.482 e. The molecule has 0 bridgehead atoms. The predicted molar refractivity (Wildman–Crippen MR) is 96.0 cm³/mol. The van der Waals surface area contributed by atoms with Crippen LogP contribution in [-0.2, 0) is 9.53 Å². The molecule has 138 valence electrons. The third kappa shape index (κ3) is 5.63. The number of hydrogen-bond donors (Lipinski definition) is 1. The maximum absolute atomic E-state index is 12.4. The van der Waals surface area contributed by atoms with Crippen molar-refractivity contribution in [1.82, 2.24) is 9.80 Å². The zero-order chi connectivity index (χ0) is 18.4. The predicted octanol–water partition coefficient (Wildman–Crippen LogP) is 2.10. The molecule has 1 N–H and O–H groups in total. The number of hydrogen-bond acceptors (Lipinski definition) is 4. The summed E-state index contributed by atoms with van der Waals surface area (Å²) in [7, 11) is 5.08. The van der Waals surface area contributed by atoms with Crippen molar-refractivity contribution < 1.29 is 19.1 Å². The van der Waals surface area contributed by atoms with Crippen molar-refractivity contribution in [2.45, 2.75) is 25.9 Å². The van der Waals surface area contributed by atoms with Gasteiger partial charge in [-0.3, -0.25) is 4.79 Å². The summed E-state index contributed by atoms with van der Waals surface area (Å²) in [6, 6.07) is 5.24. The Labute approximate surface area is 148 Å². The van der Waals surface area contributed by atoms with Crippen LogP contribution in [0.1, 0.15) is 18.4 Å². The molecule has 7 nitrogen and oxygen atoms in total. The molecular formula is C18H27N3O4. The van der Waals surface area contributed by atoms with Gasteiger partial charge in [0.15, 0.2) is 6.61 Å². The highest BCUT2D eigenvalue weighted by molar-refractivity contribution is 5.91. The van der Waals surface area contributed by atoms with Gasteiger partial charge in [0.25, 0.3) is 5.91 Å². The van der Waals surface area contributed by atoms with E-state index in [2.05, 4.69) is 5.32 Å². The van der Waals surface area contributed by atoms with Gasteiger partial charge in [0.05, 0.1) is 11.8 Å². The van der Waals surface area contributed by atoms with Gasteiger partial charge >= 0.3 is 6.03 Å². The molecule has 1 heterocycles. The van der Waals surface area contributed by atoms with E-state index in [1.54, 1.807) is 38.2 Å². The summed E-state index contributed by atoms with van der Waals surface area (Å²) >= 11 is 0. The lowest BCUT2D eigenvalue weighted by Gasteiger charge is -2.22. The van der Waals surface area contributed by atoms with Crippen molar-refractivity contribution in [3.63, 3.8) is 0 Å². The summed E-state index contributed by atoms with van der Waals surface area (Å²) < 4.78 is 11.2. The van der Waals surface area contributed by atoms with E-state index in [1.165, 1.54) is 4.90 Å². The van der Waals surface area contributed by atoms with Crippen molar-refractivity contribution in [2.75, 3.05) is 46.2 Å². The van der Waals surface area contributed by atoms with Crippen molar-refractivity contribution in [3.8, 4) is 5.75 Å². The number of amides is 3. The molecule has 0 spiro atoms. The first-order valence-electron chi connectivity index (χ1n) is 8.44. The van der Waals surface area contributed by atoms with E-state index in [4.69, 9.17) is 9.47 Å². The molecule has 0 aromatic heterocycles. The Bertz CT molecular complexity index is 612. The lowest BCUT2D eigenvalue weighted by atomic mass is 10.2. The van der Waals surface area contributed by atoms with Gasteiger partial charge in [-0.1, -0.05) is 6.07 Å².